The van der Waals surface area contributed by atoms with Gasteiger partial charge in [0, 0.05) is 17.5 Å². The molecule has 1 aliphatic heterocycles. The van der Waals surface area contributed by atoms with Gasteiger partial charge in [-0.05, 0) is 51.3 Å². The summed E-state index contributed by atoms with van der Waals surface area (Å²) < 4.78 is 0. The van der Waals surface area contributed by atoms with Gasteiger partial charge in [0.15, 0.2) is 5.82 Å². The summed E-state index contributed by atoms with van der Waals surface area (Å²) in [5.41, 5.74) is 2.51. The Bertz CT molecular complexity index is 636. The summed E-state index contributed by atoms with van der Waals surface area (Å²) in [6.45, 7) is 4.78. The number of hydrogen-bond donors (Lipinski definition) is 1. The number of nitrogens with one attached hydrogen (secondary N) is 1. The lowest BCUT2D eigenvalue weighted by Gasteiger charge is -2.32. The van der Waals surface area contributed by atoms with E-state index in [0.717, 1.165) is 17.2 Å². The van der Waals surface area contributed by atoms with Crippen molar-refractivity contribution in [2.75, 3.05) is 13.1 Å². The average Bonchev–Trinajstić information content (AvgIpc) is 3.03. The van der Waals surface area contributed by atoms with Crippen LogP contribution in [0.25, 0.3) is 11.4 Å². The van der Waals surface area contributed by atoms with E-state index in [4.69, 9.17) is 0 Å². The van der Waals surface area contributed by atoms with Crippen molar-refractivity contribution in [1.82, 2.24) is 20.1 Å². The first kappa shape index (κ1) is 14.9. The number of hydrogen-bond acceptors (Lipinski definition) is 3. The first-order chi connectivity index (χ1) is 11.3. The second-order valence-electron chi connectivity index (χ2n) is 7.07. The SMILES string of the molecule is CC(c1ccc(-c2n[nH]c(C3CCC3)n2)cc1)N1CCCCC1. The number of piperidine rings is 1. The maximum atomic E-state index is 4.69. The molecule has 1 saturated heterocycles. The lowest BCUT2D eigenvalue weighted by Crippen LogP contribution is -2.32. The quantitative estimate of drug-likeness (QED) is 0.916. The Kier molecular flexibility index (Phi) is 4.17. The van der Waals surface area contributed by atoms with Crippen LogP contribution in [0.4, 0.5) is 0 Å². The molecule has 1 unspecified atom stereocenters. The highest BCUT2D eigenvalue weighted by Gasteiger charge is 2.23. The van der Waals surface area contributed by atoms with Gasteiger partial charge in [0.25, 0.3) is 0 Å². The molecule has 23 heavy (non-hydrogen) atoms. The van der Waals surface area contributed by atoms with Crippen molar-refractivity contribution < 1.29 is 0 Å². The lowest BCUT2D eigenvalue weighted by molar-refractivity contribution is 0.175. The Balaban J connectivity index is 1.47. The van der Waals surface area contributed by atoms with Crippen LogP contribution >= 0.6 is 0 Å². The Hall–Kier alpha value is -1.68. The van der Waals surface area contributed by atoms with Crippen LogP contribution in [0.3, 0.4) is 0 Å². The maximum Gasteiger partial charge on any atom is 0.181 e. The van der Waals surface area contributed by atoms with Gasteiger partial charge < -0.3 is 0 Å². The van der Waals surface area contributed by atoms with E-state index in [9.17, 15) is 0 Å². The molecule has 122 valence electrons. The zero-order valence-corrected chi connectivity index (χ0v) is 14.0. The summed E-state index contributed by atoms with van der Waals surface area (Å²) in [6, 6.07) is 9.33. The topological polar surface area (TPSA) is 44.8 Å². The van der Waals surface area contributed by atoms with Gasteiger partial charge in [-0.15, -0.1) is 0 Å². The number of aromatic nitrogens is 3. The Morgan fingerprint density at radius 3 is 2.43 bits per heavy atom. The van der Waals surface area contributed by atoms with Crippen LogP contribution in [0.1, 0.15) is 68.8 Å². The van der Waals surface area contributed by atoms with Crippen LogP contribution in [0.15, 0.2) is 24.3 Å². The van der Waals surface area contributed by atoms with Crippen molar-refractivity contribution in [3.8, 4) is 11.4 Å². The fourth-order valence-electron chi connectivity index (χ4n) is 3.69. The molecular weight excluding hydrogens is 284 g/mol. The monoisotopic (exact) mass is 310 g/mol. The fourth-order valence-corrected chi connectivity index (χ4v) is 3.69. The van der Waals surface area contributed by atoms with E-state index in [0.29, 0.717) is 12.0 Å². The van der Waals surface area contributed by atoms with E-state index in [-0.39, 0.29) is 0 Å². The van der Waals surface area contributed by atoms with Crippen molar-refractivity contribution in [3.63, 3.8) is 0 Å². The van der Waals surface area contributed by atoms with E-state index in [2.05, 4.69) is 51.3 Å². The molecule has 0 bridgehead atoms. The number of rotatable bonds is 4. The maximum absolute atomic E-state index is 4.69. The fraction of sp³-hybridized carbons (Fsp3) is 0.579. The molecule has 0 amide bonds. The minimum absolute atomic E-state index is 0.502. The van der Waals surface area contributed by atoms with Gasteiger partial charge in [-0.2, -0.15) is 5.10 Å². The minimum atomic E-state index is 0.502. The van der Waals surface area contributed by atoms with Crippen LogP contribution in [0, 0.1) is 0 Å². The molecule has 2 heterocycles. The Labute approximate surface area is 138 Å². The highest BCUT2D eigenvalue weighted by atomic mass is 15.2. The molecule has 0 spiro atoms. The second-order valence-corrected chi connectivity index (χ2v) is 7.07. The summed E-state index contributed by atoms with van der Waals surface area (Å²) in [5, 5.41) is 7.53. The molecule has 1 aromatic carbocycles. The molecule has 1 saturated carbocycles. The molecule has 4 nitrogen and oxygen atoms in total. The van der Waals surface area contributed by atoms with Gasteiger partial charge in [-0.3, -0.25) is 10.00 Å². The summed E-state index contributed by atoms with van der Waals surface area (Å²) in [4.78, 5) is 7.29. The van der Waals surface area contributed by atoms with Gasteiger partial charge in [0.1, 0.15) is 5.82 Å². The number of likely N-dealkylation sites (tertiary alicyclic amines) is 1. The molecule has 1 aliphatic carbocycles. The number of H-pyrrole nitrogens is 1. The third kappa shape index (κ3) is 3.05. The predicted molar refractivity (Wildman–Crippen MR) is 92.2 cm³/mol. The molecule has 2 aromatic rings. The van der Waals surface area contributed by atoms with E-state index < -0.39 is 0 Å². The van der Waals surface area contributed by atoms with Crippen molar-refractivity contribution in [2.45, 2.75) is 57.4 Å². The highest BCUT2D eigenvalue weighted by Crippen LogP contribution is 2.35. The van der Waals surface area contributed by atoms with Crippen LogP contribution in [0.5, 0.6) is 0 Å². The molecule has 1 aromatic heterocycles. The van der Waals surface area contributed by atoms with E-state index in [1.807, 2.05) is 0 Å². The van der Waals surface area contributed by atoms with E-state index >= 15 is 0 Å². The summed E-state index contributed by atoms with van der Waals surface area (Å²) in [6.07, 6.45) is 7.88. The van der Waals surface area contributed by atoms with E-state index in [1.54, 1.807) is 0 Å². The normalized spacial score (nSPS) is 21.1. The lowest BCUT2D eigenvalue weighted by atomic mass is 9.85. The first-order valence-corrected chi connectivity index (χ1v) is 9.08. The molecule has 1 N–H and O–H groups in total. The summed E-state index contributed by atoms with van der Waals surface area (Å²) in [5.74, 6) is 2.51. The summed E-state index contributed by atoms with van der Waals surface area (Å²) in [7, 11) is 0. The minimum Gasteiger partial charge on any atom is -0.297 e. The van der Waals surface area contributed by atoms with Gasteiger partial charge in [0.05, 0.1) is 0 Å². The van der Waals surface area contributed by atoms with Crippen molar-refractivity contribution in [1.29, 1.82) is 0 Å². The van der Waals surface area contributed by atoms with Gasteiger partial charge >= 0.3 is 0 Å². The standard InChI is InChI=1S/C19H26N4/c1-14(23-12-3-2-4-13-23)15-8-10-17(11-9-15)19-20-18(21-22-19)16-6-5-7-16/h8-11,14,16H,2-7,12-13H2,1H3,(H,20,21,22). The average molecular weight is 310 g/mol. The molecule has 1 atom stereocenters. The predicted octanol–water partition coefficient (Wildman–Crippen LogP) is 4.29. The zero-order chi connectivity index (χ0) is 15.6. The van der Waals surface area contributed by atoms with Gasteiger partial charge in [-0.25, -0.2) is 4.98 Å². The molecule has 4 heteroatoms. The second kappa shape index (κ2) is 6.44. The zero-order valence-electron chi connectivity index (χ0n) is 14.0. The molecule has 2 aliphatic rings. The number of benzene rings is 1. The molecular formula is C19H26N4. The van der Waals surface area contributed by atoms with Crippen LogP contribution in [0.2, 0.25) is 0 Å². The first-order valence-electron chi connectivity index (χ1n) is 9.08. The largest absolute Gasteiger partial charge is 0.297 e. The molecule has 2 fully saturated rings. The van der Waals surface area contributed by atoms with Crippen molar-refractivity contribution in [3.05, 3.63) is 35.7 Å². The van der Waals surface area contributed by atoms with Gasteiger partial charge in [0.2, 0.25) is 0 Å². The van der Waals surface area contributed by atoms with E-state index in [1.165, 1.54) is 57.2 Å². The summed E-state index contributed by atoms with van der Waals surface area (Å²) >= 11 is 0. The number of aromatic amines is 1. The van der Waals surface area contributed by atoms with Gasteiger partial charge in [-0.1, -0.05) is 37.1 Å². The van der Waals surface area contributed by atoms with Crippen molar-refractivity contribution >= 4 is 0 Å². The molecule has 0 radical (unpaired) electrons. The third-order valence-corrected chi connectivity index (χ3v) is 5.58. The molecule has 4 rings (SSSR count). The Morgan fingerprint density at radius 2 is 1.78 bits per heavy atom. The Morgan fingerprint density at radius 1 is 1.04 bits per heavy atom. The number of nitrogens with zero attached hydrogens (tertiary/aromatic N) is 3. The third-order valence-electron chi connectivity index (χ3n) is 5.58. The van der Waals surface area contributed by atoms with Crippen LogP contribution in [-0.2, 0) is 0 Å². The van der Waals surface area contributed by atoms with Crippen molar-refractivity contribution in [2.24, 2.45) is 0 Å². The van der Waals surface area contributed by atoms with Crippen LogP contribution in [-0.4, -0.2) is 33.2 Å². The smallest absolute Gasteiger partial charge is 0.181 e. The highest BCUT2D eigenvalue weighted by molar-refractivity contribution is 5.55. The van der Waals surface area contributed by atoms with Crippen LogP contribution < -0.4 is 0 Å².